The quantitative estimate of drug-likeness (QED) is 0.302. The van der Waals surface area contributed by atoms with Crippen molar-refractivity contribution in [3.63, 3.8) is 0 Å². The lowest BCUT2D eigenvalue weighted by molar-refractivity contribution is 0.0450. The number of aliphatic hydroxyl groups excluding tert-OH is 6. The molecule has 0 fully saturated rings. The SMILES string of the molecule is Cl.OCC(O)CO.OCC(O)CO. The summed E-state index contributed by atoms with van der Waals surface area (Å²) in [6, 6.07) is 0. The molecular formula is C6H17ClO6. The highest BCUT2D eigenvalue weighted by atomic mass is 35.5. The van der Waals surface area contributed by atoms with Gasteiger partial charge in [-0.25, -0.2) is 0 Å². The predicted molar refractivity (Wildman–Crippen MR) is 47.6 cm³/mol. The monoisotopic (exact) mass is 220 g/mol. The van der Waals surface area contributed by atoms with Crippen LogP contribution in [0.4, 0.5) is 0 Å². The molecule has 0 amide bonds. The maximum atomic E-state index is 8.17. The van der Waals surface area contributed by atoms with E-state index in [4.69, 9.17) is 30.6 Å². The zero-order valence-corrected chi connectivity index (χ0v) is 7.89. The summed E-state index contributed by atoms with van der Waals surface area (Å²) in [6.07, 6.45) is -1.91. The third-order valence-corrected chi connectivity index (χ3v) is 0.843. The smallest absolute Gasteiger partial charge is 0.100 e. The van der Waals surface area contributed by atoms with Gasteiger partial charge in [0.05, 0.1) is 26.4 Å². The summed E-state index contributed by atoms with van der Waals surface area (Å²) in [5, 5.41) is 48.0. The Morgan fingerprint density at radius 3 is 0.769 bits per heavy atom. The maximum Gasteiger partial charge on any atom is 0.100 e. The molecule has 0 saturated carbocycles. The molecule has 0 unspecified atom stereocenters. The van der Waals surface area contributed by atoms with Crippen LogP contribution in [0.1, 0.15) is 0 Å². The molecule has 6 N–H and O–H groups in total. The summed E-state index contributed by atoms with van der Waals surface area (Å²) < 4.78 is 0. The third-order valence-electron chi connectivity index (χ3n) is 0.843. The molecule has 0 spiro atoms. The van der Waals surface area contributed by atoms with Crippen molar-refractivity contribution >= 4 is 12.4 Å². The van der Waals surface area contributed by atoms with E-state index in [0.29, 0.717) is 0 Å². The molecule has 7 heteroatoms. The maximum absolute atomic E-state index is 8.17. The van der Waals surface area contributed by atoms with Gasteiger partial charge in [-0.15, -0.1) is 12.4 Å². The van der Waals surface area contributed by atoms with Gasteiger partial charge in [-0.2, -0.15) is 0 Å². The Balaban J connectivity index is -0.000000143. The first-order chi connectivity index (χ1) is 5.62. The molecular weight excluding hydrogens is 204 g/mol. The van der Waals surface area contributed by atoms with Gasteiger partial charge in [0.2, 0.25) is 0 Å². The summed E-state index contributed by atoms with van der Waals surface area (Å²) >= 11 is 0. The minimum atomic E-state index is -0.954. The molecule has 84 valence electrons. The lowest BCUT2D eigenvalue weighted by Crippen LogP contribution is -2.15. The second-order valence-electron chi connectivity index (χ2n) is 2.04. The molecule has 0 aromatic carbocycles. The Labute approximate surface area is 82.5 Å². The van der Waals surface area contributed by atoms with Gasteiger partial charge in [0, 0.05) is 0 Å². The normalized spacial score (nSPS) is 9.23. The largest absolute Gasteiger partial charge is 0.394 e. The molecule has 0 rings (SSSR count). The van der Waals surface area contributed by atoms with Gasteiger partial charge in [-0.3, -0.25) is 0 Å². The Bertz CT molecular complexity index is 65.5. The number of rotatable bonds is 4. The first-order valence-electron chi connectivity index (χ1n) is 3.41. The van der Waals surface area contributed by atoms with Crippen LogP contribution in [0.5, 0.6) is 0 Å². The Morgan fingerprint density at radius 1 is 0.615 bits per heavy atom. The van der Waals surface area contributed by atoms with Crippen molar-refractivity contribution in [3.05, 3.63) is 0 Å². The van der Waals surface area contributed by atoms with Crippen LogP contribution in [0.25, 0.3) is 0 Å². The van der Waals surface area contributed by atoms with Crippen LogP contribution in [-0.4, -0.2) is 69.3 Å². The second kappa shape index (κ2) is 14.6. The topological polar surface area (TPSA) is 121 Å². The fourth-order valence-electron chi connectivity index (χ4n) is 0.115. The van der Waals surface area contributed by atoms with E-state index in [1.807, 2.05) is 0 Å². The van der Waals surface area contributed by atoms with Gasteiger partial charge in [0.25, 0.3) is 0 Å². The predicted octanol–water partition coefficient (Wildman–Crippen LogP) is -2.91. The van der Waals surface area contributed by atoms with Crippen LogP contribution in [0.2, 0.25) is 0 Å². The van der Waals surface area contributed by atoms with Crippen molar-refractivity contribution in [3.8, 4) is 0 Å². The number of hydrogen-bond acceptors (Lipinski definition) is 6. The molecule has 0 atom stereocenters. The van der Waals surface area contributed by atoms with Crippen molar-refractivity contribution in [1.29, 1.82) is 0 Å². The first-order valence-corrected chi connectivity index (χ1v) is 3.41. The highest BCUT2D eigenvalue weighted by molar-refractivity contribution is 5.85. The van der Waals surface area contributed by atoms with Crippen molar-refractivity contribution in [2.75, 3.05) is 26.4 Å². The molecule has 6 nitrogen and oxygen atoms in total. The van der Waals surface area contributed by atoms with E-state index in [1.54, 1.807) is 0 Å². The van der Waals surface area contributed by atoms with Gasteiger partial charge >= 0.3 is 0 Å². The lowest BCUT2D eigenvalue weighted by atomic mass is 10.4. The van der Waals surface area contributed by atoms with Crippen LogP contribution < -0.4 is 0 Å². The minimum absolute atomic E-state index is 0. The van der Waals surface area contributed by atoms with E-state index < -0.39 is 12.2 Å². The molecule has 0 bridgehead atoms. The summed E-state index contributed by atoms with van der Waals surface area (Å²) in [6.45, 7) is -1.46. The Kier molecular flexibility index (Phi) is 21.0. The van der Waals surface area contributed by atoms with Crippen molar-refractivity contribution < 1.29 is 30.6 Å². The standard InChI is InChI=1S/2C3H8O3.ClH/c2*4-1-3(6)2-5;/h2*3-6H,1-2H2;1H. The van der Waals surface area contributed by atoms with E-state index in [9.17, 15) is 0 Å². The number of halogens is 1. The highest BCUT2D eigenvalue weighted by Crippen LogP contribution is 1.72. The van der Waals surface area contributed by atoms with Gasteiger partial charge in [0.15, 0.2) is 0 Å². The molecule has 0 aromatic rings. The number of hydrogen-bond donors (Lipinski definition) is 6. The summed E-state index contributed by atoms with van der Waals surface area (Å²) in [7, 11) is 0. The molecule has 0 aromatic heterocycles. The first kappa shape index (κ1) is 18.8. The average Bonchev–Trinajstić information content (AvgIpc) is 2.16. The van der Waals surface area contributed by atoms with E-state index in [1.165, 1.54) is 0 Å². The molecule has 0 heterocycles. The molecule has 0 radical (unpaired) electrons. The molecule has 0 aliphatic rings. The van der Waals surface area contributed by atoms with Crippen molar-refractivity contribution in [1.82, 2.24) is 0 Å². The highest BCUT2D eigenvalue weighted by Gasteiger charge is 1.94. The molecule has 13 heavy (non-hydrogen) atoms. The van der Waals surface area contributed by atoms with Gasteiger partial charge in [-0.1, -0.05) is 0 Å². The lowest BCUT2D eigenvalue weighted by Gasteiger charge is -1.96. The molecule has 0 aliphatic carbocycles. The van der Waals surface area contributed by atoms with Crippen LogP contribution in [0.3, 0.4) is 0 Å². The molecule has 0 saturated heterocycles. The van der Waals surface area contributed by atoms with E-state index in [2.05, 4.69) is 0 Å². The van der Waals surface area contributed by atoms with Crippen LogP contribution in [0, 0.1) is 0 Å². The number of aliphatic hydroxyl groups is 6. The third kappa shape index (κ3) is 18.8. The Morgan fingerprint density at radius 2 is 0.769 bits per heavy atom. The average molecular weight is 221 g/mol. The zero-order chi connectivity index (χ0) is 9.98. The van der Waals surface area contributed by atoms with Crippen molar-refractivity contribution in [2.24, 2.45) is 0 Å². The summed E-state index contributed by atoms with van der Waals surface area (Å²) in [5.74, 6) is 0. The van der Waals surface area contributed by atoms with Crippen molar-refractivity contribution in [2.45, 2.75) is 12.2 Å². The minimum Gasteiger partial charge on any atom is -0.394 e. The summed E-state index contributed by atoms with van der Waals surface area (Å²) in [4.78, 5) is 0. The van der Waals surface area contributed by atoms with E-state index in [-0.39, 0.29) is 38.8 Å². The Hall–Kier alpha value is 0.0500. The summed E-state index contributed by atoms with van der Waals surface area (Å²) in [5.41, 5.74) is 0. The van der Waals surface area contributed by atoms with E-state index in [0.717, 1.165) is 0 Å². The zero-order valence-electron chi connectivity index (χ0n) is 7.07. The van der Waals surface area contributed by atoms with Crippen LogP contribution in [-0.2, 0) is 0 Å². The van der Waals surface area contributed by atoms with Crippen LogP contribution in [0.15, 0.2) is 0 Å². The van der Waals surface area contributed by atoms with Gasteiger partial charge in [-0.05, 0) is 0 Å². The van der Waals surface area contributed by atoms with Gasteiger partial charge < -0.3 is 30.6 Å². The van der Waals surface area contributed by atoms with Gasteiger partial charge in [0.1, 0.15) is 12.2 Å². The fraction of sp³-hybridized carbons (Fsp3) is 1.00. The second-order valence-corrected chi connectivity index (χ2v) is 2.04. The molecule has 0 aliphatic heterocycles. The van der Waals surface area contributed by atoms with E-state index >= 15 is 0 Å². The van der Waals surface area contributed by atoms with Crippen LogP contribution >= 0.6 is 12.4 Å². The fourth-order valence-corrected chi connectivity index (χ4v) is 0.115.